The van der Waals surface area contributed by atoms with E-state index < -0.39 is 0 Å². The van der Waals surface area contributed by atoms with Crippen LogP contribution in [0.2, 0.25) is 0 Å². The molecule has 2 aromatic rings. The molecule has 0 spiro atoms. The van der Waals surface area contributed by atoms with Gasteiger partial charge in [-0.3, -0.25) is 16.3 Å². The molecule has 0 fully saturated rings. The lowest BCUT2D eigenvalue weighted by Gasteiger charge is -2.17. The van der Waals surface area contributed by atoms with Gasteiger partial charge < -0.3 is 0 Å². The lowest BCUT2D eigenvalue weighted by atomic mass is 9.97. The van der Waals surface area contributed by atoms with Gasteiger partial charge in [-0.1, -0.05) is 29.8 Å². The summed E-state index contributed by atoms with van der Waals surface area (Å²) >= 11 is 0. The summed E-state index contributed by atoms with van der Waals surface area (Å²) in [5.74, 6) is 5.70. The molecule has 3 nitrogen and oxygen atoms in total. The summed E-state index contributed by atoms with van der Waals surface area (Å²) in [7, 11) is 0. The number of aryl methyl sites for hydroxylation is 3. The maximum absolute atomic E-state index is 5.70. The SMILES string of the molecule is Cc1ccc(C)c(CC(NN)c2cccc(C)n2)c1. The normalized spacial score (nSPS) is 12.4. The Hall–Kier alpha value is -1.71. The second kappa shape index (κ2) is 5.95. The van der Waals surface area contributed by atoms with Gasteiger partial charge in [0.05, 0.1) is 11.7 Å². The van der Waals surface area contributed by atoms with Crippen LogP contribution in [0.25, 0.3) is 0 Å². The maximum atomic E-state index is 5.70. The molecule has 0 aliphatic carbocycles. The number of nitrogens with two attached hydrogens (primary N) is 1. The van der Waals surface area contributed by atoms with Crippen LogP contribution in [0.3, 0.4) is 0 Å². The molecule has 3 N–H and O–H groups in total. The maximum Gasteiger partial charge on any atom is 0.0672 e. The van der Waals surface area contributed by atoms with Crippen LogP contribution in [0.5, 0.6) is 0 Å². The van der Waals surface area contributed by atoms with Crippen LogP contribution < -0.4 is 11.3 Å². The number of benzene rings is 1. The van der Waals surface area contributed by atoms with Crippen molar-refractivity contribution in [3.05, 3.63) is 64.5 Å². The molecule has 1 atom stereocenters. The van der Waals surface area contributed by atoms with Gasteiger partial charge in [-0.05, 0) is 50.5 Å². The highest BCUT2D eigenvalue weighted by Gasteiger charge is 2.13. The van der Waals surface area contributed by atoms with Crippen molar-refractivity contribution in [3.63, 3.8) is 0 Å². The molecule has 1 heterocycles. The molecule has 1 aromatic carbocycles. The van der Waals surface area contributed by atoms with E-state index in [1.807, 2.05) is 25.1 Å². The average molecular weight is 255 g/mol. The summed E-state index contributed by atoms with van der Waals surface area (Å²) in [6.45, 7) is 6.24. The summed E-state index contributed by atoms with van der Waals surface area (Å²) in [5, 5.41) is 0. The van der Waals surface area contributed by atoms with Crippen molar-refractivity contribution in [1.82, 2.24) is 10.4 Å². The number of hydrazine groups is 1. The summed E-state index contributed by atoms with van der Waals surface area (Å²) in [6.07, 6.45) is 0.848. The number of nitrogens with one attached hydrogen (secondary N) is 1. The molecule has 19 heavy (non-hydrogen) atoms. The molecule has 1 unspecified atom stereocenters. The van der Waals surface area contributed by atoms with Crippen molar-refractivity contribution in [1.29, 1.82) is 0 Å². The number of hydrogen-bond donors (Lipinski definition) is 2. The molecule has 0 radical (unpaired) electrons. The van der Waals surface area contributed by atoms with E-state index >= 15 is 0 Å². The first-order valence-electron chi connectivity index (χ1n) is 6.56. The highest BCUT2D eigenvalue weighted by atomic mass is 15.2. The number of aromatic nitrogens is 1. The zero-order valence-corrected chi connectivity index (χ0v) is 11.8. The smallest absolute Gasteiger partial charge is 0.0672 e. The zero-order chi connectivity index (χ0) is 13.8. The van der Waals surface area contributed by atoms with Gasteiger partial charge in [-0.15, -0.1) is 0 Å². The molecule has 0 bridgehead atoms. The summed E-state index contributed by atoms with van der Waals surface area (Å²) in [4.78, 5) is 4.55. The lowest BCUT2D eigenvalue weighted by Crippen LogP contribution is -2.30. The number of nitrogens with zero attached hydrogens (tertiary/aromatic N) is 1. The van der Waals surface area contributed by atoms with Crippen LogP contribution in [0.15, 0.2) is 36.4 Å². The minimum absolute atomic E-state index is 0.0420. The van der Waals surface area contributed by atoms with Crippen LogP contribution in [0, 0.1) is 20.8 Å². The van der Waals surface area contributed by atoms with Crippen LogP contribution in [0.1, 0.15) is 34.1 Å². The fourth-order valence-corrected chi connectivity index (χ4v) is 2.25. The van der Waals surface area contributed by atoms with E-state index in [1.54, 1.807) is 0 Å². The first kappa shape index (κ1) is 13.7. The van der Waals surface area contributed by atoms with Crippen LogP contribution in [-0.4, -0.2) is 4.98 Å². The molecule has 0 aliphatic heterocycles. The molecule has 0 amide bonds. The number of pyridine rings is 1. The predicted octanol–water partition coefficient (Wildman–Crippen LogP) is 2.75. The molecule has 0 saturated carbocycles. The first-order valence-corrected chi connectivity index (χ1v) is 6.56. The standard InChI is InChI=1S/C16H21N3/c1-11-7-8-12(2)14(9-11)10-16(19-17)15-6-4-5-13(3)18-15/h4-9,16,19H,10,17H2,1-3H3. The summed E-state index contributed by atoms with van der Waals surface area (Å²) in [5.41, 5.74) is 8.75. The topological polar surface area (TPSA) is 50.9 Å². The predicted molar refractivity (Wildman–Crippen MR) is 78.7 cm³/mol. The quantitative estimate of drug-likeness (QED) is 0.652. The zero-order valence-electron chi connectivity index (χ0n) is 11.8. The fraction of sp³-hybridized carbons (Fsp3) is 0.312. The first-order chi connectivity index (χ1) is 9.10. The van der Waals surface area contributed by atoms with E-state index in [-0.39, 0.29) is 6.04 Å². The summed E-state index contributed by atoms with van der Waals surface area (Å²) in [6, 6.07) is 12.6. The third kappa shape index (κ3) is 3.40. The van der Waals surface area contributed by atoms with E-state index in [4.69, 9.17) is 5.84 Å². The van der Waals surface area contributed by atoms with E-state index in [1.165, 1.54) is 16.7 Å². The van der Waals surface area contributed by atoms with Crippen molar-refractivity contribution in [2.24, 2.45) is 5.84 Å². The molecule has 0 saturated heterocycles. The van der Waals surface area contributed by atoms with E-state index in [0.717, 1.165) is 17.8 Å². The lowest BCUT2D eigenvalue weighted by molar-refractivity contribution is 0.536. The second-order valence-electron chi connectivity index (χ2n) is 5.06. The Balaban J connectivity index is 2.26. The van der Waals surface area contributed by atoms with Crippen LogP contribution >= 0.6 is 0 Å². The molecular formula is C16H21N3. The second-order valence-corrected chi connectivity index (χ2v) is 5.06. The van der Waals surface area contributed by atoms with Crippen LogP contribution in [0.4, 0.5) is 0 Å². The molecule has 3 heteroatoms. The molecule has 1 aromatic heterocycles. The Labute approximate surface area is 114 Å². The molecule has 0 aliphatic rings. The molecule has 2 rings (SSSR count). The van der Waals surface area contributed by atoms with E-state index in [2.05, 4.69) is 42.5 Å². The van der Waals surface area contributed by atoms with Gasteiger partial charge in [0.1, 0.15) is 0 Å². The van der Waals surface area contributed by atoms with Gasteiger partial charge in [0.2, 0.25) is 0 Å². The van der Waals surface area contributed by atoms with Gasteiger partial charge in [-0.25, -0.2) is 0 Å². The van der Waals surface area contributed by atoms with Gasteiger partial charge >= 0.3 is 0 Å². The monoisotopic (exact) mass is 255 g/mol. The largest absolute Gasteiger partial charge is 0.271 e. The minimum atomic E-state index is 0.0420. The highest BCUT2D eigenvalue weighted by molar-refractivity contribution is 5.32. The van der Waals surface area contributed by atoms with Crippen LogP contribution in [-0.2, 0) is 6.42 Å². The summed E-state index contributed by atoms with van der Waals surface area (Å²) < 4.78 is 0. The van der Waals surface area contributed by atoms with Crippen molar-refractivity contribution < 1.29 is 0 Å². The Bertz CT molecular complexity index is 564. The Kier molecular flexibility index (Phi) is 4.30. The van der Waals surface area contributed by atoms with Crippen molar-refractivity contribution in [3.8, 4) is 0 Å². The fourth-order valence-electron chi connectivity index (χ4n) is 2.25. The number of rotatable bonds is 4. The van der Waals surface area contributed by atoms with Crippen molar-refractivity contribution >= 4 is 0 Å². The molecular weight excluding hydrogens is 234 g/mol. The van der Waals surface area contributed by atoms with E-state index in [0.29, 0.717) is 0 Å². The number of hydrogen-bond acceptors (Lipinski definition) is 3. The van der Waals surface area contributed by atoms with Crippen molar-refractivity contribution in [2.45, 2.75) is 33.2 Å². The highest BCUT2D eigenvalue weighted by Crippen LogP contribution is 2.20. The third-order valence-corrected chi connectivity index (χ3v) is 3.40. The Morgan fingerprint density at radius 1 is 1.16 bits per heavy atom. The minimum Gasteiger partial charge on any atom is -0.271 e. The Morgan fingerprint density at radius 3 is 2.63 bits per heavy atom. The average Bonchev–Trinajstić information content (AvgIpc) is 2.39. The third-order valence-electron chi connectivity index (χ3n) is 3.40. The van der Waals surface area contributed by atoms with E-state index in [9.17, 15) is 0 Å². The van der Waals surface area contributed by atoms with Gasteiger partial charge in [0.25, 0.3) is 0 Å². The van der Waals surface area contributed by atoms with Gasteiger partial charge in [0, 0.05) is 5.69 Å². The molecule has 100 valence electrons. The van der Waals surface area contributed by atoms with Gasteiger partial charge in [0.15, 0.2) is 0 Å². The van der Waals surface area contributed by atoms with Gasteiger partial charge in [-0.2, -0.15) is 0 Å². The van der Waals surface area contributed by atoms with Crippen molar-refractivity contribution in [2.75, 3.05) is 0 Å². The Morgan fingerprint density at radius 2 is 1.95 bits per heavy atom.